The zero-order chi connectivity index (χ0) is 12.6. The number of rotatable bonds is 2. The van der Waals surface area contributed by atoms with E-state index in [-0.39, 0.29) is 16.3 Å². The van der Waals surface area contributed by atoms with E-state index < -0.39 is 10.9 Å². The average molecular weight is 258 g/mol. The van der Waals surface area contributed by atoms with Gasteiger partial charge in [0.25, 0.3) is 5.69 Å². The topological polar surface area (TPSA) is 78.7 Å². The van der Waals surface area contributed by atoms with Gasteiger partial charge < -0.3 is 9.47 Å². The fourth-order valence-corrected chi connectivity index (χ4v) is 2.07. The van der Waals surface area contributed by atoms with Crippen LogP contribution >= 0.6 is 11.6 Å². The summed E-state index contributed by atoms with van der Waals surface area (Å²) >= 11 is 5.86. The number of esters is 1. The van der Waals surface area contributed by atoms with Gasteiger partial charge in [0, 0.05) is 18.1 Å². The smallest absolute Gasteiger partial charge is 0.345 e. The molecule has 0 spiro atoms. The molecule has 17 heavy (non-hydrogen) atoms. The number of benzene rings is 1. The van der Waals surface area contributed by atoms with Crippen LogP contribution in [0.3, 0.4) is 0 Å². The molecule has 0 saturated heterocycles. The summed E-state index contributed by atoms with van der Waals surface area (Å²) in [5.41, 5.74) is 0.0107. The number of hydrogen-bond acceptors (Lipinski definition) is 5. The number of hydrogen-bond donors (Lipinski definition) is 0. The Kier molecular flexibility index (Phi) is 2.89. The minimum absolute atomic E-state index is 0.0746. The molecule has 6 nitrogen and oxygen atoms in total. The Balaban J connectivity index is 2.73. The van der Waals surface area contributed by atoms with Crippen LogP contribution in [0, 0.1) is 10.1 Å². The Morgan fingerprint density at radius 1 is 1.65 bits per heavy atom. The Bertz CT molecular complexity index is 514. The van der Waals surface area contributed by atoms with Gasteiger partial charge in [-0.25, -0.2) is 4.79 Å². The van der Waals surface area contributed by atoms with Gasteiger partial charge in [0.2, 0.25) is 0 Å². The molecule has 2 rings (SSSR count). The standard InChI is InChI=1S/C10H8ClNO5/c1-16-10(13)8-5-2-3-17-9(5)6(11)4-7(8)12(14)15/h4H,2-3H2,1H3. The van der Waals surface area contributed by atoms with Gasteiger partial charge in [0.15, 0.2) is 0 Å². The van der Waals surface area contributed by atoms with Crippen molar-refractivity contribution in [3.05, 3.63) is 32.3 Å². The molecule has 1 heterocycles. The van der Waals surface area contributed by atoms with Crippen molar-refractivity contribution in [1.82, 2.24) is 0 Å². The third-order valence-electron chi connectivity index (χ3n) is 2.50. The molecule has 0 unspecified atom stereocenters. The van der Waals surface area contributed by atoms with Gasteiger partial charge in [-0.3, -0.25) is 10.1 Å². The first kappa shape index (κ1) is 11.7. The summed E-state index contributed by atoms with van der Waals surface area (Å²) in [6.45, 7) is 0.347. The highest BCUT2D eigenvalue weighted by Crippen LogP contribution is 2.40. The summed E-state index contributed by atoms with van der Waals surface area (Å²) in [5, 5.41) is 11.0. The first-order valence-electron chi connectivity index (χ1n) is 4.77. The molecule has 0 aromatic heterocycles. The Morgan fingerprint density at radius 3 is 2.94 bits per heavy atom. The maximum atomic E-state index is 11.6. The molecule has 0 saturated carbocycles. The fraction of sp³-hybridized carbons (Fsp3) is 0.300. The van der Waals surface area contributed by atoms with Crippen molar-refractivity contribution in [2.75, 3.05) is 13.7 Å². The zero-order valence-corrected chi connectivity index (χ0v) is 9.61. The van der Waals surface area contributed by atoms with Crippen LogP contribution in [0.1, 0.15) is 15.9 Å². The van der Waals surface area contributed by atoms with E-state index >= 15 is 0 Å². The van der Waals surface area contributed by atoms with Crippen LogP contribution in [-0.4, -0.2) is 24.6 Å². The number of methoxy groups -OCH3 is 1. The molecule has 0 atom stereocenters. The van der Waals surface area contributed by atoms with Crippen molar-refractivity contribution in [2.45, 2.75) is 6.42 Å². The summed E-state index contributed by atoms with van der Waals surface area (Å²) in [7, 11) is 1.17. The van der Waals surface area contributed by atoms with E-state index in [9.17, 15) is 14.9 Å². The van der Waals surface area contributed by atoms with Crippen molar-refractivity contribution in [2.24, 2.45) is 0 Å². The fourth-order valence-electron chi connectivity index (χ4n) is 1.79. The number of carbonyl (C=O) groups is 1. The predicted molar refractivity (Wildman–Crippen MR) is 58.6 cm³/mol. The van der Waals surface area contributed by atoms with Gasteiger partial charge in [0.05, 0.1) is 23.7 Å². The third-order valence-corrected chi connectivity index (χ3v) is 2.78. The number of nitro benzene ring substituents is 1. The van der Waals surface area contributed by atoms with Crippen molar-refractivity contribution in [3.8, 4) is 5.75 Å². The Morgan fingerprint density at radius 2 is 2.35 bits per heavy atom. The van der Waals surface area contributed by atoms with Crippen molar-refractivity contribution >= 4 is 23.3 Å². The molecule has 0 N–H and O–H groups in total. The highest BCUT2D eigenvalue weighted by atomic mass is 35.5. The van der Waals surface area contributed by atoms with E-state index in [1.165, 1.54) is 7.11 Å². The molecule has 0 radical (unpaired) electrons. The molecule has 0 fully saturated rings. The Hall–Kier alpha value is -1.82. The highest BCUT2D eigenvalue weighted by Gasteiger charge is 2.32. The van der Waals surface area contributed by atoms with Gasteiger partial charge in [-0.1, -0.05) is 11.6 Å². The lowest BCUT2D eigenvalue weighted by atomic mass is 10.0. The average Bonchev–Trinajstić information content (AvgIpc) is 2.77. The molecular weight excluding hydrogens is 250 g/mol. The first-order valence-corrected chi connectivity index (χ1v) is 5.15. The van der Waals surface area contributed by atoms with E-state index in [4.69, 9.17) is 16.3 Å². The third kappa shape index (κ3) is 1.80. The van der Waals surface area contributed by atoms with Gasteiger partial charge in [-0.15, -0.1) is 0 Å². The molecule has 1 aliphatic rings. The van der Waals surface area contributed by atoms with E-state index in [0.29, 0.717) is 24.3 Å². The van der Waals surface area contributed by atoms with Crippen LogP contribution < -0.4 is 4.74 Å². The molecule has 1 aromatic rings. The molecule has 1 aliphatic heterocycles. The lowest BCUT2D eigenvalue weighted by molar-refractivity contribution is -0.385. The zero-order valence-electron chi connectivity index (χ0n) is 8.86. The van der Waals surface area contributed by atoms with Crippen LogP contribution in [0.5, 0.6) is 5.75 Å². The summed E-state index contributed by atoms with van der Waals surface area (Å²) in [5.74, 6) is -0.423. The van der Waals surface area contributed by atoms with Crippen LogP contribution in [-0.2, 0) is 11.2 Å². The SMILES string of the molecule is COC(=O)c1c([N+](=O)[O-])cc(Cl)c2c1CCO2. The maximum Gasteiger partial charge on any atom is 0.345 e. The number of carbonyl (C=O) groups excluding carboxylic acids is 1. The molecule has 0 bridgehead atoms. The Labute approximate surface area is 101 Å². The van der Waals surface area contributed by atoms with Crippen molar-refractivity contribution < 1.29 is 19.2 Å². The normalized spacial score (nSPS) is 12.8. The van der Waals surface area contributed by atoms with Crippen LogP contribution in [0.2, 0.25) is 5.02 Å². The second-order valence-corrected chi connectivity index (χ2v) is 3.81. The number of nitro groups is 1. The van der Waals surface area contributed by atoms with E-state index in [0.717, 1.165) is 6.07 Å². The number of halogens is 1. The van der Waals surface area contributed by atoms with E-state index in [1.807, 2.05) is 0 Å². The maximum absolute atomic E-state index is 11.6. The van der Waals surface area contributed by atoms with E-state index in [2.05, 4.69) is 4.74 Å². The van der Waals surface area contributed by atoms with Crippen molar-refractivity contribution in [1.29, 1.82) is 0 Å². The van der Waals surface area contributed by atoms with Crippen LogP contribution in [0.4, 0.5) is 5.69 Å². The number of nitrogens with zero attached hydrogens (tertiary/aromatic N) is 1. The second kappa shape index (κ2) is 4.21. The second-order valence-electron chi connectivity index (χ2n) is 3.41. The number of fused-ring (bicyclic) bond motifs is 1. The molecule has 7 heteroatoms. The van der Waals surface area contributed by atoms with Crippen molar-refractivity contribution in [3.63, 3.8) is 0 Å². The molecule has 90 valence electrons. The van der Waals surface area contributed by atoms with Crippen LogP contribution in [0.15, 0.2) is 6.07 Å². The minimum atomic E-state index is -0.755. The molecule has 0 aliphatic carbocycles. The lowest BCUT2D eigenvalue weighted by Crippen LogP contribution is -2.09. The highest BCUT2D eigenvalue weighted by molar-refractivity contribution is 6.32. The molecule has 0 amide bonds. The quantitative estimate of drug-likeness (QED) is 0.460. The van der Waals surface area contributed by atoms with Gasteiger partial charge in [-0.05, 0) is 0 Å². The predicted octanol–water partition coefficient (Wildman–Crippen LogP) is 1.97. The minimum Gasteiger partial charge on any atom is -0.491 e. The first-order chi connectivity index (χ1) is 8.06. The van der Waals surface area contributed by atoms with E-state index in [1.54, 1.807) is 0 Å². The summed E-state index contributed by atoms with van der Waals surface area (Å²) in [6, 6.07) is 1.11. The van der Waals surface area contributed by atoms with Gasteiger partial charge >= 0.3 is 5.97 Å². The summed E-state index contributed by atoms with van der Waals surface area (Å²) in [6.07, 6.45) is 0.404. The monoisotopic (exact) mass is 257 g/mol. The number of ether oxygens (including phenoxy) is 2. The lowest BCUT2D eigenvalue weighted by Gasteiger charge is -2.07. The molecule has 1 aromatic carbocycles. The largest absolute Gasteiger partial charge is 0.491 e. The summed E-state index contributed by atoms with van der Waals surface area (Å²) in [4.78, 5) is 21.8. The summed E-state index contributed by atoms with van der Waals surface area (Å²) < 4.78 is 9.79. The van der Waals surface area contributed by atoms with Gasteiger partial charge in [-0.2, -0.15) is 0 Å². The molecular formula is C10H8ClNO5. The van der Waals surface area contributed by atoms with Crippen LogP contribution in [0.25, 0.3) is 0 Å². The van der Waals surface area contributed by atoms with Gasteiger partial charge in [0.1, 0.15) is 11.3 Å².